The molecule has 1 saturated heterocycles. The molecule has 0 aromatic carbocycles. The van der Waals surface area contributed by atoms with Crippen LogP contribution in [-0.4, -0.2) is 49.1 Å². The Hall–Kier alpha value is -1.67. The Morgan fingerprint density at radius 1 is 0.947 bits per heavy atom. The quantitative estimate of drug-likeness (QED) is 0.520. The lowest BCUT2D eigenvalue weighted by atomic mass is 10.0. The molecule has 4 atom stereocenters. The van der Waals surface area contributed by atoms with Crippen molar-refractivity contribution in [3.8, 4) is 0 Å². The Morgan fingerprint density at radius 2 is 1.42 bits per heavy atom. The molecule has 0 bridgehead atoms. The van der Waals surface area contributed by atoms with Crippen molar-refractivity contribution in [1.82, 2.24) is 0 Å². The van der Waals surface area contributed by atoms with Crippen LogP contribution < -0.4 is 5.73 Å². The molecule has 1 aliphatic rings. The van der Waals surface area contributed by atoms with Crippen molar-refractivity contribution in [2.45, 2.75) is 45.3 Å². The summed E-state index contributed by atoms with van der Waals surface area (Å²) in [6.45, 7) is 3.54. The molecule has 8 heteroatoms. The van der Waals surface area contributed by atoms with Crippen molar-refractivity contribution in [3.05, 3.63) is 0 Å². The Labute approximate surface area is 110 Å². The van der Waals surface area contributed by atoms with Gasteiger partial charge in [0, 0.05) is 20.8 Å². The number of carbonyl (C=O) groups is 3. The summed E-state index contributed by atoms with van der Waals surface area (Å²) in [5.74, 6) is -1.78. The lowest BCUT2D eigenvalue weighted by Gasteiger charge is -2.38. The summed E-state index contributed by atoms with van der Waals surface area (Å²) >= 11 is 0. The largest absolute Gasteiger partial charge is 0.456 e. The SMILES string of the molecule is CC(=O)O[C@H]1[C@H](OC(C)=O)[C@@H](N)OC[C@@H]1OC(C)=O. The number of ether oxygens (including phenoxy) is 4. The van der Waals surface area contributed by atoms with E-state index in [2.05, 4.69) is 0 Å². The van der Waals surface area contributed by atoms with Crippen LogP contribution in [0.2, 0.25) is 0 Å². The molecule has 0 aromatic rings. The third kappa shape index (κ3) is 4.49. The Bertz CT molecular complexity index is 370. The van der Waals surface area contributed by atoms with Gasteiger partial charge < -0.3 is 24.7 Å². The van der Waals surface area contributed by atoms with E-state index in [1.54, 1.807) is 0 Å². The van der Waals surface area contributed by atoms with Crippen molar-refractivity contribution in [2.75, 3.05) is 6.61 Å². The van der Waals surface area contributed by atoms with Crippen molar-refractivity contribution < 1.29 is 33.3 Å². The van der Waals surface area contributed by atoms with E-state index in [9.17, 15) is 14.4 Å². The lowest BCUT2D eigenvalue weighted by molar-refractivity contribution is -0.224. The monoisotopic (exact) mass is 275 g/mol. The van der Waals surface area contributed by atoms with Crippen LogP contribution in [0.3, 0.4) is 0 Å². The van der Waals surface area contributed by atoms with Gasteiger partial charge in [0.2, 0.25) is 0 Å². The molecular formula is C11H17NO7. The first-order valence-corrected chi connectivity index (χ1v) is 5.70. The topological polar surface area (TPSA) is 114 Å². The standard InChI is InChI=1S/C11H17NO7/c1-5(13)17-8-4-16-11(12)10(19-7(3)15)9(8)18-6(2)14/h8-11H,4,12H2,1-3H3/t8-,9+,10-,11-/m0/s1. The van der Waals surface area contributed by atoms with Crippen molar-refractivity contribution in [3.63, 3.8) is 0 Å². The number of rotatable bonds is 3. The smallest absolute Gasteiger partial charge is 0.303 e. The van der Waals surface area contributed by atoms with E-state index in [4.69, 9.17) is 24.7 Å². The maximum atomic E-state index is 11.1. The molecule has 1 aliphatic heterocycles. The van der Waals surface area contributed by atoms with Crippen LogP contribution >= 0.6 is 0 Å². The third-order valence-electron chi connectivity index (χ3n) is 2.39. The number of hydrogen-bond donors (Lipinski definition) is 1. The van der Waals surface area contributed by atoms with Crippen LogP contribution in [0.5, 0.6) is 0 Å². The fraction of sp³-hybridized carbons (Fsp3) is 0.727. The number of carbonyl (C=O) groups excluding carboxylic acids is 3. The minimum absolute atomic E-state index is 0.0452. The van der Waals surface area contributed by atoms with E-state index in [1.807, 2.05) is 0 Å². The van der Waals surface area contributed by atoms with Crippen LogP contribution in [0, 0.1) is 0 Å². The van der Waals surface area contributed by atoms with Crippen LogP contribution in [-0.2, 0) is 33.3 Å². The van der Waals surface area contributed by atoms with E-state index in [1.165, 1.54) is 20.8 Å². The fourth-order valence-electron chi connectivity index (χ4n) is 1.77. The van der Waals surface area contributed by atoms with Gasteiger partial charge in [0.15, 0.2) is 18.3 Å². The third-order valence-corrected chi connectivity index (χ3v) is 2.39. The maximum Gasteiger partial charge on any atom is 0.303 e. The minimum atomic E-state index is -1.03. The maximum absolute atomic E-state index is 11.1. The van der Waals surface area contributed by atoms with Crippen LogP contribution in [0.15, 0.2) is 0 Å². The molecule has 0 unspecified atom stereocenters. The van der Waals surface area contributed by atoms with Gasteiger partial charge in [0.05, 0.1) is 6.61 Å². The van der Waals surface area contributed by atoms with Crippen molar-refractivity contribution >= 4 is 17.9 Å². The lowest BCUT2D eigenvalue weighted by Crippen LogP contribution is -2.60. The second kappa shape index (κ2) is 6.48. The molecule has 8 nitrogen and oxygen atoms in total. The van der Waals surface area contributed by atoms with Crippen molar-refractivity contribution in [1.29, 1.82) is 0 Å². The molecule has 0 amide bonds. The van der Waals surface area contributed by atoms with Gasteiger partial charge in [-0.15, -0.1) is 0 Å². The molecule has 0 aliphatic carbocycles. The molecule has 19 heavy (non-hydrogen) atoms. The molecule has 0 radical (unpaired) electrons. The first-order valence-electron chi connectivity index (χ1n) is 5.70. The molecule has 2 N–H and O–H groups in total. The van der Waals surface area contributed by atoms with Gasteiger partial charge >= 0.3 is 17.9 Å². The Kier molecular flexibility index (Phi) is 5.25. The van der Waals surface area contributed by atoms with E-state index in [0.29, 0.717) is 0 Å². The molecule has 1 rings (SSSR count). The predicted molar refractivity (Wildman–Crippen MR) is 60.6 cm³/mol. The van der Waals surface area contributed by atoms with E-state index in [-0.39, 0.29) is 6.61 Å². The summed E-state index contributed by atoms with van der Waals surface area (Å²) in [6.07, 6.45) is -3.85. The molecule has 108 valence electrons. The van der Waals surface area contributed by atoms with Gasteiger partial charge in [0.1, 0.15) is 6.23 Å². The molecular weight excluding hydrogens is 258 g/mol. The average molecular weight is 275 g/mol. The first-order chi connectivity index (χ1) is 8.81. The zero-order chi connectivity index (χ0) is 14.6. The summed E-state index contributed by atoms with van der Waals surface area (Å²) in [7, 11) is 0. The minimum Gasteiger partial charge on any atom is -0.456 e. The number of esters is 3. The Morgan fingerprint density at radius 3 is 1.89 bits per heavy atom. The van der Waals surface area contributed by atoms with Gasteiger partial charge in [-0.1, -0.05) is 0 Å². The van der Waals surface area contributed by atoms with Crippen molar-refractivity contribution in [2.24, 2.45) is 5.73 Å². The fourth-order valence-corrected chi connectivity index (χ4v) is 1.77. The molecule has 0 aromatic heterocycles. The van der Waals surface area contributed by atoms with E-state index < -0.39 is 42.4 Å². The Balaban J connectivity index is 2.89. The van der Waals surface area contributed by atoms with Gasteiger partial charge in [-0.05, 0) is 0 Å². The second-order valence-corrected chi connectivity index (χ2v) is 4.09. The predicted octanol–water partition coefficient (Wildman–Crippen LogP) is -0.903. The summed E-state index contributed by atoms with van der Waals surface area (Å²) < 4.78 is 20.1. The van der Waals surface area contributed by atoms with E-state index >= 15 is 0 Å². The van der Waals surface area contributed by atoms with Crippen LogP contribution in [0.4, 0.5) is 0 Å². The summed E-state index contributed by atoms with van der Waals surface area (Å²) in [4.78, 5) is 33.1. The normalized spacial score (nSPS) is 30.3. The molecule has 1 heterocycles. The first kappa shape index (κ1) is 15.4. The van der Waals surface area contributed by atoms with Gasteiger partial charge in [0.25, 0.3) is 0 Å². The summed E-state index contributed by atoms with van der Waals surface area (Å²) in [5.41, 5.74) is 5.66. The molecule has 0 saturated carbocycles. The van der Waals surface area contributed by atoms with Gasteiger partial charge in [-0.3, -0.25) is 14.4 Å². The van der Waals surface area contributed by atoms with Gasteiger partial charge in [-0.2, -0.15) is 0 Å². The number of nitrogens with two attached hydrogens (primary N) is 1. The average Bonchev–Trinajstić information content (AvgIpc) is 2.25. The highest BCUT2D eigenvalue weighted by Gasteiger charge is 2.45. The summed E-state index contributed by atoms with van der Waals surface area (Å²) in [5, 5.41) is 0. The zero-order valence-corrected chi connectivity index (χ0v) is 11.0. The molecule has 0 spiro atoms. The second-order valence-electron chi connectivity index (χ2n) is 4.09. The highest BCUT2D eigenvalue weighted by molar-refractivity contribution is 5.68. The summed E-state index contributed by atoms with van der Waals surface area (Å²) in [6, 6.07) is 0. The van der Waals surface area contributed by atoms with E-state index in [0.717, 1.165) is 0 Å². The highest BCUT2D eigenvalue weighted by atomic mass is 16.6. The van der Waals surface area contributed by atoms with Crippen LogP contribution in [0.1, 0.15) is 20.8 Å². The zero-order valence-electron chi connectivity index (χ0n) is 11.0. The molecule has 1 fully saturated rings. The number of hydrogen-bond acceptors (Lipinski definition) is 8. The van der Waals surface area contributed by atoms with Crippen LogP contribution in [0.25, 0.3) is 0 Å². The highest BCUT2D eigenvalue weighted by Crippen LogP contribution is 2.22. The van der Waals surface area contributed by atoms with Gasteiger partial charge in [-0.25, -0.2) is 0 Å².